The SMILES string of the molecule is CC(=O)N1CCC(C(CN=[N+]=[N-])c2ccc(Br)cc2)CC1. The summed E-state index contributed by atoms with van der Waals surface area (Å²) in [6, 6.07) is 8.20. The second kappa shape index (κ2) is 7.48. The summed E-state index contributed by atoms with van der Waals surface area (Å²) >= 11 is 3.44. The van der Waals surface area contributed by atoms with Crippen molar-refractivity contribution in [2.24, 2.45) is 11.0 Å². The van der Waals surface area contributed by atoms with E-state index in [9.17, 15) is 4.79 Å². The molecule has 0 radical (unpaired) electrons. The summed E-state index contributed by atoms with van der Waals surface area (Å²) in [6.07, 6.45) is 1.92. The van der Waals surface area contributed by atoms with Crippen molar-refractivity contribution in [3.8, 4) is 0 Å². The number of rotatable bonds is 4. The first-order valence-corrected chi connectivity index (χ1v) is 7.93. The number of halogens is 1. The number of amides is 1. The van der Waals surface area contributed by atoms with E-state index < -0.39 is 0 Å². The molecule has 1 saturated heterocycles. The van der Waals surface area contributed by atoms with Crippen LogP contribution in [0.4, 0.5) is 0 Å². The molecule has 1 amide bonds. The molecule has 0 bridgehead atoms. The number of benzene rings is 1. The number of hydrogen-bond acceptors (Lipinski definition) is 2. The summed E-state index contributed by atoms with van der Waals surface area (Å²) in [7, 11) is 0. The fourth-order valence-electron chi connectivity index (χ4n) is 2.98. The Balaban J connectivity index is 2.11. The van der Waals surface area contributed by atoms with Crippen molar-refractivity contribution in [3.63, 3.8) is 0 Å². The summed E-state index contributed by atoms with van der Waals surface area (Å²) in [4.78, 5) is 16.2. The third-order valence-electron chi connectivity index (χ3n) is 4.19. The predicted molar refractivity (Wildman–Crippen MR) is 85.9 cm³/mol. The van der Waals surface area contributed by atoms with Crippen LogP contribution < -0.4 is 0 Å². The lowest BCUT2D eigenvalue weighted by Crippen LogP contribution is -2.38. The lowest BCUT2D eigenvalue weighted by atomic mass is 9.80. The summed E-state index contributed by atoms with van der Waals surface area (Å²) in [6.45, 7) is 3.68. The van der Waals surface area contributed by atoms with Gasteiger partial charge in [0, 0.05) is 35.9 Å². The van der Waals surface area contributed by atoms with E-state index in [0.717, 1.165) is 30.4 Å². The summed E-state index contributed by atoms with van der Waals surface area (Å²) in [5.41, 5.74) is 9.82. The lowest BCUT2D eigenvalue weighted by Gasteiger charge is -2.35. The zero-order chi connectivity index (χ0) is 15.2. The van der Waals surface area contributed by atoms with E-state index in [2.05, 4.69) is 38.1 Å². The highest BCUT2D eigenvalue weighted by atomic mass is 79.9. The molecule has 112 valence electrons. The van der Waals surface area contributed by atoms with E-state index in [0.29, 0.717) is 12.5 Å². The average Bonchev–Trinajstić information content (AvgIpc) is 2.50. The van der Waals surface area contributed by atoms with E-state index in [4.69, 9.17) is 5.53 Å². The highest BCUT2D eigenvalue weighted by Gasteiger charge is 2.28. The first kappa shape index (κ1) is 15.9. The smallest absolute Gasteiger partial charge is 0.219 e. The molecule has 1 aliphatic rings. The molecule has 5 nitrogen and oxygen atoms in total. The molecule has 0 saturated carbocycles. The number of piperidine rings is 1. The van der Waals surface area contributed by atoms with Gasteiger partial charge in [-0.05, 0) is 47.9 Å². The third-order valence-corrected chi connectivity index (χ3v) is 4.72. The molecule has 1 fully saturated rings. The molecule has 1 unspecified atom stereocenters. The Morgan fingerprint density at radius 1 is 1.43 bits per heavy atom. The molecule has 1 aromatic rings. The molecule has 6 heteroatoms. The van der Waals surface area contributed by atoms with Gasteiger partial charge < -0.3 is 4.90 Å². The Kier molecular flexibility index (Phi) is 5.65. The largest absolute Gasteiger partial charge is 0.343 e. The lowest BCUT2D eigenvalue weighted by molar-refractivity contribution is -0.130. The molecule has 2 rings (SSSR count). The van der Waals surface area contributed by atoms with Crippen LogP contribution in [0.3, 0.4) is 0 Å². The van der Waals surface area contributed by atoms with Crippen LogP contribution in [0.2, 0.25) is 0 Å². The maximum absolute atomic E-state index is 11.4. The van der Waals surface area contributed by atoms with Crippen molar-refractivity contribution in [1.82, 2.24) is 4.90 Å². The molecule has 1 heterocycles. The van der Waals surface area contributed by atoms with Crippen LogP contribution >= 0.6 is 15.9 Å². The molecule has 1 aromatic carbocycles. The molecular weight excluding hydrogens is 332 g/mol. The van der Waals surface area contributed by atoms with Gasteiger partial charge in [-0.25, -0.2) is 0 Å². The Bertz CT molecular complexity index is 531. The quantitative estimate of drug-likeness (QED) is 0.457. The Hall–Kier alpha value is -1.52. The van der Waals surface area contributed by atoms with E-state index in [1.165, 1.54) is 5.56 Å². The van der Waals surface area contributed by atoms with E-state index in [1.807, 2.05) is 17.0 Å². The standard InChI is InChI=1S/C15H19BrN4O/c1-11(21)20-8-6-13(7-9-20)15(10-18-19-17)12-2-4-14(16)5-3-12/h2-5,13,15H,6-10H2,1H3. The summed E-state index contributed by atoms with van der Waals surface area (Å²) < 4.78 is 1.04. The van der Waals surface area contributed by atoms with Crippen LogP contribution in [0.1, 0.15) is 31.2 Å². The van der Waals surface area contributed by atoms with Gasteiger partial charge in [0.2, 0.25) is 5.91 Å². The van der Waals surface area contributed by atoms with Gasteiger partial charge in [0.1, 0.15) is 0 Å². The Morgan fingerprint density at radius 2 is 2.05 bits per heavy atom. The van der Waals surface area contributed by atoms with Crippen LogP contribution in [0.25, 0.3) is 10.4 Å². The van der Waals surface area contributed by atoms with Crippen LogP contribution in [-0.2, 0) is 4.79 Å². The van der Waals surface area contributed by atoms with Crippen molar-refractivity contribution in [3.05, 3.63) is 44.7 Å². The number of nitrogens with zero attached hydrogens (tertiary/aromatic N) is 4. The molecule has 0 aromatic heterocycles. The molecule has 1 atom stereocenters. The number of likely N-dealkylation sites (tertiary alicyclic amines) is 1. The predicted octanol–water partition coefficient (Wildman–Crippen LogP) is 4.10. The van der Waals surface area contributed by atoms with Gasteiger partial charge in [-0.2, -0.15) is 0 Å². The van der Waals surface area contributed by atoms with E-state index >= 15 is 0 Å². The number of carbonyl (C=O) groups is 1. The van der Waals surface area contributed by atoms with Crippen molar-refractivity contribution < 1.29 is 4.79 Å². The minimum atomic E-state index is 0.142. The second-order valence-electron chi connectivity index (χ2n) is 5.41. The monoisotopic (exact) mass is 350 g/mol. The third kappa shape index (κ3) is 4.22. The number of carbonyl (C=O) groups excluding carboxylic acids is 1. The Labute approximate surface area is 133 Å². The van der Waals surface area contributed by atoms with E-state index in [1.54, 1.807) is 6.92 Å². The van der Waals surface area contributed by atoms with Gasteiger partial charge in [0.15, 0.2) is 0 Å². The maximum atomic E-state index is 11.4. The zero-order valence-electron chi connectivity index (χ0n) is 12.1. The van der Waals surface area contributed by atoms with Gasteiger partial charge in [-0.15, -0.1) is 0 Å². The Morgan fingerprint density at radius 3 is 2.57 bits per heavy atom. The van der Waals surface area contributed by atoms with Crippen LogP contribution in [0.15, 0.2) is 33.9 Å². The maximum Gasteiger partial charge on any atom is 0.219 e. The fraction of sp³-hybridized carbons (Fsp3) is 0.533. The first-order chi connectivity index (χ1) is 10.1. The molecule has 0 N–H and O–H groups in total. The van der Waals surface area contributed by atoms with Crippen molar-refractivity contribution in [2.45, 2.75) is 25.7 Å². The molecule has 21 heavy (non-hydrogen) atoms. The van der Waals surface area contributed by atoms with Crippen LogP contribution in [-0.4, -0.2) is 30.4 Å². The van der Waals surface area contributed by atoms with Gasteiger partial charge in [-0.3, -0.25) is 4.79 Å². The fourth-order valence-corrected chi connectivity index (χ4v) is 3.24. The van der Waals surface area contributed by atoms with Gasteiger partial charge >= 0.3 is 0 Å². The minimum Gasteiger partial charge on any atom is -0.343 e. The highest BCUT2D eigenvalue weighted by Crippen LogP contribution is 2.33. The number of azide groups is 1. The van der Waals surface area contributed by atoms with Gasteiger partial charge in [0.25, 0.3) is 0 Å². The van der Waals surface area contributed by atoms with Crippen molar-refractivity contribution in [1.29, 1.82) is 0 Å². The van der Waals surface area contributed by atoms with Crippen molar-refractivity contribution >= 4 is 21.8 Å². The van der Waals surface area contributed by atoms with Crippen LogP contribution in [0, 0.1) is 5.92 Å². The average molecular weight is 351 g/mol. The molecule has 1 aliphatic heterocycles. The zero-order valence-corrected chi connectivity index (χ0v) is 13.7. The van der Waals surface area contributed by atoms with Gasteiger partial charge in [-0.1, -0.05) is 33.2 Å². The summed E-state index contributed by atoms with van der Waals surface area (Å²) in [5, 5.41) is 3.79. The van der Waals surface area contributed by atoms with Crippen LogP contribution in [0.5, 0.6) is 0 Å². The topological polar surface area (TPSA) is 69.1 Å². The number of hydrogen-bond donors (Lipinski definition) is 0. The molecule has 0 spiro atoms. The minimum absolute atomic E-state index is 0.142. The van der Waals surface area contributed by atoms with Gasteiger partial charge in [0.05, 0.1) is 0 Å². The molecular formula is C15H19BrN4O. The normalized spacial score (nSPS) is 17.1. The second-order valence-corrected chi connectivity index (χ2v) is 6.33. The first-order valence-electron chi connectivity index (χ1n) is 7.13. The van der Waals surface area contributed by atoms with E-state index in [-0.39, 0.29) is 11.8 Å². The van der Waals surface area contributed by atoms with Crippen molar-refractivity contribution in [2.75, 3.05) is 19.6 Å². The molecule has 0 aliphatic carbocycles. The summed E-state index contributed by atoms with van der Waals surface area (Å²) in [5.74, 6) is 0.819. The highest BCUT2D eigenvalue weighted by molar-refractivity contribution is 9.10.